The van der Waals surface area contributed by atoms with E-state index in [4.69, 9.17) is 8.85 Å². The third kappa shape index (κ3) is 7.97. The Kier molecular flexibility index (Phi) is 18.2. The van der Waals surface area contributed by atoms with E-state index >= 15 is 0 Å². The summed E-state index contributed by atoms with van der Waals surface area (Å²) in [7, 11) is 1.22. The van der Waals surface area contributed by atoms with Crippen molar-refractivity contribution < 1.29 is 8.85 Å². The molecule has 0 aliphatic heterocycles. The van der Waals surface area contributed by atoms with Gasteiger partial charge in [0.2, 0.25) is 0 Å². The SMILES string of the molecule is CCN(CC)[Si](N(CC)CC)(N(CC)CC)N(CC)CC.CN[Si](C)(OC)OC. The Balaban J connectivity index is 0. The van der Waals surface area contributed by atoms with Crippen LogP contribution in [0.1, 0.15) is 55.4 Å². The van der Waals surface area contributed by atoms with E-state index in [1.165, 1.54) is 0 Å². The first kappa shape index (κ1) is 31.3. The van der Waals surface area contributed by atoms with E-state index in [9.17, 15) is 0 Å². The summed E-state index contributed by atoms with van der Waals surface area (Å²) < 4.78 is 21.1. The van der Waals surface area contributed by atoms with Gasteiger partial charge in [0, 0.05) is 14.2 Å². The molecule has 0 amide bonds. The summed E-state index contributed by atoms with van der Waals surface area (Å²) in [6, 6.07) is 0. The fourth-order valence-electron chi connectivity index (χ4n) is 4.08. The fraction of sp³-hybridized carbons (Fsp3) is 1.00. The van der Waals surface area contributed by atoms with Crippen LogP contribution in [-0.2, 0) is 8.85 Å². The minimum absolute atomic E-state index is 1.13. The summed E-state index contributed by atoms with van der Waals surface area (Å²) in [5, 5.41) is 0. The highest BCUT2D eigenvalue weighted by molar-refractivity contribution is 6.69. The van der Waals surface area contributed by atoms with Gasteiger partial charge in [0.25, 0.3) is 0 Å². The molecule has 0 heterocycles. The smallest absolute Gasteiger partial charge is 0.386 e. The van der Waals surface area contributed by atoms with Gasteiger partial charge in [-0.05, 0) is 66.0 Å². The largest absolute Gasteiger partial charge is 0.421 e. The van der Waals surface area contributed by atoms with Gasteiger partial charge in [-0.2, -0.15) is 0 Å². The molecule has 0 aromatic rings. The van der Waals surface area contributed by atoms with Gasteiger partial charge >= 0.3 is 17.4 Å². The van der Waals surface area contributed by atoms with E-state index in [2.05, 4.69) is 78.6 Å². The Morgan fingerprint density at radius 1 is 0.552 bits per heavy atom. The first-order valence-electron chi connectivity index (χ1n) is 11.6. The van der Waals surface area contributed by atoms with Crippen LogP contribution >= 0.6 is 0 Å². The van der Waals surface area contributed by atoms with Crippen LogP contribution < -0.4 is 4.98 Å². The first-order chi connectivity index (χ1) is 13.8. The second-order valence-electron chi connectivity index (χ2n) is 6.89. The van der Waals surface area contributed by atoms with Crippen LogP contribution in [0.2, 0.25) is 6.55 Å². The molecule has 0 rings (SSSR count). The van der Waals surface area contributed by atoms with Gasteiger partial charge in [0.1, 0.15) is 0 Å². The lowest BCUT2D eigenvalue weighted by molar-refractivity contribution is 0.186. The van der Waals surface area contributed by atoms with E-state index in [-0.39, 0.29) is 0 Å². The average Bonchev–Trinajstić information content (AvgIpc) is 2.76. The zero-order chi connectivity index (χ0) is 23.1. The maximum Gasteiger partial charge on any atom is 0.421 e. The lowest BCUT2D eigenvalue weighted by Crippen LogP contribution is -2.83. The monoisotopic (exact) mass is 451 g/mol. The van der Waals surface area contributed by atoms with Crippen molar-refractivity contribution in [1.82, 2.24) is 23.2 Å². The third-order valence-corrected chi connectivity index (χ3v) is 14.4. The van der Waals surface area contributed by atoms with Crippen LogP contribution in [-0.4, -0.2) is 109 Å². The van der Waals surface area contributed by atoms with Crippen molar-refractivity contribution in [3.8, 4) is 0 Å². The van der Waals surface area contributed by atoms with Crippen molar-refractivity contribution in [2.45, 2.75) is 61.9 Å². The van der Waals surface area contributed by atoms with Crippen molar-refractivity contribution in [2.75, 3.05) is 73.6 Å². The molecule has 0 saturated heterocycles. The molecule has 0 radical (unpaired) electrons. The summed E-state index contributed by atoms with van der Waals surface area (Å²) >= 11 is 0. The maximum atomic E-state index is 5.04. The third-order valence-electron chi connectivity index (χ3n) is 5.98. The summed E-state index contributed by atoms with van der Waals surface area (Å²) in [6.07, 6.45) is 0. The Hall–Kier alpha value is 0.154. The number of nitrogens with one attached hydrogen (secondary N) is 1. The summed E-state index contributed by atoms with van der Waals surface area (Å²) in [6.45, 7) is 29.6. The number of hydrogen-bond acceptors (Lipinski definition) is 7. The summed E-state index contributed by atoms with van der Waals surface area (Å²) in [4.78, 5) is 2.97. The van der Waals surface area contributed by atoms with E-state index in [0.717, 1.165) is 52.4 Å². The molecule has 0 fully saturated rings. The van der Waals surface area contributed by atoms with Crippen molar-refractivity contribution >= 4 is 17.4 Å². The Labute approximate surface area is 185 Å². The zero-order valence-electron chi connectivity index (χ0n) is 21.8. The molecule has 0 atom stereocenters. The molecule has 0 aromatic carbocycles. The van der Waals surface area contributed by atoms with Crippen molar-refractivity contribution in [3.05, 3.63) is 0 Å². The molecular formula is C20H53N5O2Si2. The van der Waals surface area contributed by atoms with Gasteiger partial charge in [0.15, 0.2) is 0 Å². The quantitative estimate of drug-likeness (QED) is 0.384. The van der Waals surface area contributed by atoms with E-state index in [1.54, 1.807) is 14.2 Å². The van der Waals surface area contributed by atoms with Gasteiger partial charge < -0.3 is 8.85 Å². The average molecular weight is 452 g/mol. The lowest BCUT2D eigenvalue weighted by Gasteiger charge is -2.57. The van der Waals surface area contributed by atoms with E-state index < -0.39 is 17.4 Å². The molecule has 1 N–H and O–H groups in total. The second kappa shape index (κ2) is 16.8. The fourth-order valence-corrected chi connectivity index (χ4v) is 10.4. The molecule has 178 valence electrons. The normalized spacial score (nSPS) is 12.8. The topological polar surface area (TPSA) is 43.5 Å². The van der Waals surface area contributed by atoms with Gasteiger partial charge in [-0.3, -0.25) is 23.2 Å². The Morgan fingerprint density at radius 3 is 0.828 bits per heavy atom. The van der Waals surface area contributed by atoms with Crippen LogP contribution in [0.15, 0.2) is 0 Å². The van der Waals surface area contributed by atoms with Crippen molar-refractivity contribution in [3.63, 3.8) is 0 Å². The highest BCUT2D eigenvalue weighted by Crippen LogP contribution is 2.25. The molecule has 29 heavy (non-hydrogen) atoms. The molecule has 0 bridgehead atoms. The molecule has 0 aromatic heterocycles. The van der Waals surface area contributed by atoms with Crippen LogP contribution in [0.3, 0.4) is 0 Å². The maximum absolute atomic E-state index is 5.04. The van der Waals surface area contributed by atoms with E-state index in [0.29, 0.717) is 0 Å². The molecular weight excluding hydrogens is 398 g/mol. The minimum atomic E-state index is -1.98. The van der Waals surface area contributed by atoms with Crippen LogP contribution in [0.4, 0.5) is 0 Å². The minimum Gasteiger partial charge on any atom is -0.386 e. The predicted octanol–water partition coefficient (Wildman–Crippen LogP) is 2.86. The molecule has 0 aliphatic carbocycles. The molecule has 9 heteroatoms. The second-order valence-corrected chi connectivity index (χ2v) is 13.8. The Bertz CT molecular complexity index is 312. The Morgan fingerprint density at radius 2 is 0.759 bits per heavy atom. The van der Waals surface area contributed by atoms with Crippen LogP contribution in [0.25, 0.3) is 0 Å². The highest BCUT2D eigenvalue weighted by Gasteiger charge is 2.53. The first-order valence-corrected chi connectivity index (χ1v) is 15.7. The van der Waals surface area contributed by atoms with E-state index in [1.807, 2.05) is 13.6 Å². The molecule has 0 spiro atoms. The summed E-state index contributed by atoms with van der Waals surface area (Å²) in [5.74, 6) is 0. The number of nitrogens with zero attached hydrogens (tertiary/aromatic N) is 4. The van der Waals surface area contributed by atoms with Gasteiger partial charge in [0.05, 0.1) is 0 Å². The lowest BCUT2D eigenvalue weighted by atomic mass is 10.6. The number of hydrogen-bond donors (Lipinski definition) is 1. The molecule has 7 nitrogen and oxygen atoms in total. The molecule has 0 aliphatic rings. The van der Waals surface area contributed by atoms with Crippen molar-refractivity contribution in [1.29, 1.82) is 0 Å². The van der Waals surface area contributed by atoms with Gasteiger partial charge in [-0.25, -0.2) is 0 Å². The van der Waals surface area contributed by atoms with Crippen LogP contribution in [0, 0.1) is 0 Å². The highest BCUT2D eigenvalue weighted by atomic mass is 28.4. The zero-order valence-corrected chi connectivity index (χ0v) is 23.8. The number of rotatable bonds is 15. The van der Waals surface area contributed by atoms with Crippen molar-refractivity contribution in [2.24, 2.45) is 0 Å². The standard InChI is InChI=1S/C16H40N4Si.C4H13NO2Si/c1-9-17(10-2)21(18(11-3)12-4,19(13-5)14-6)20(15-7)16-8;1-5-8(4,6-2)7-3/h9-16H2,1-8H3;5H,1-4H3. The predicted molar refractivity (Wildman–Crippen MR) is 132 cm³/mol. The van der Waals surface area contributed by atoms with Crippen LogP contribution in [0.5, 0.6) is 0 Å². The van der Waals surface area contributed by atoms with Gasteiger partial charge in [-0.15, -0.1) is 0 Å². The van der Waals surface area contributed by atoms with Gasteiger partial charge in [-0.1, -0.05) is 55.4 Å². The summed E-state index contributed by atoms with van der Waals surface area (Å²) in [5.41, 5.74) is 0. The molecule has 0 saturated carbocycles. The molecule has 0 unspecified atom stereocenters.